The van der Waals surface area contributed by atoms with Gasteiger partial charge in [0.25, 0.3) is 0 Å². The van der Waals surface area contributed by atoms with Crippen LogP contribution in [0.5, 0.6) is 0 Å². The molecule has 0 heterocycles. The maximum atomic E-state index is 12.8. The smallest absolute Gasteiger partial charge is 0.308 e. The highest BCUT2D eigenvalue weighted by Crippen LogP contribution is 2.64. The Morgan fingerprint density at radius 3 is 2.11 bits per heavy atom. The van der Waals surface area contributed by atoms with E-state index in [1.54, 1.807) is 45.0 Å². The van der Waals surface area contributed by atoms with Crippen molar-refractivity contribution in [2.75, 3.05) is 13.2 Å². The summed E-state index contributed by atoms with van der Waals surface area (Å²) in [7, 11) is -3.52. The quantitative estimate of drug-likeness (QED) is 0.737. The van der Waals surface area contributed by atoms with Crippen LogP contribution in [0.4, 0.5) is 0 Å². The lowest BCUT2D eigenvalue weighted by Crippen LogP contribution is -2.23. The van der Waals surface area contributed by atoms with Gasteiger partial charge in [-0.2, -0.15) is 5.26 Å². The van der Waals surface area contributed by atoms with Crippen LogP contribution in [-0.4, -0.2) is 13.2 Å². The van der Waals surface area contributed by atoms with Crippen LogP contribution in [0.15, 0.2) is 30.3 Å². The minimum Gasteiger partial charge on any atom is -0.308 e. The Morgan fingerprint density at radius 2 is 1.72 bits per heavy atom. The molecule has 0 aliphatic rings. The third-order valence-electron chi connectivity index (χ3n) is 2.70. The molecule has 1 aromatic rings. The predicted molar refractivity (Wildman–Crippen MR) is 70.3 cm³/mol. The Hall–Kier alpha value is -1.14. The number of nitrogens with zero attached hydrogens (tertiary/aromatic N) is 1. The standard InChI is InChI=1S/C13H18NO3P/c1-4-16-18(15,17-5-2)13(3,11-14)12-9-7-6-8-10-12/h6-10H,4-5H2,1-3H3. The third kappa shape index (κ3) is 2.64. The van der Waals surface area contributed by atoms with Crippen LogP contribution in [0.25, 0.3) is 0 Å². The molecule has 18 heavy (non-hydrogen) atoms. The van der Waals surface area contributed by atoms with Crippen LogP contribution in [-0.2, 0) is 18.8 Å². The SMILES string of the molecule is CCOP(=O)(OCC)C(C)(C#N)c1ccccc1. The van der Waals surface area contributed by atoms with E-state index < -0.39 is 12.8 Å². The minimum atomic E-state index is -3.52. The Morgan fingerprint density at radius 1 is 1.22 bits per heavy atom. The Bertz CT molecular complexity index is 459. The average Bonchev–Trinajstić information content (AvgIpc) is 2.39. The molecule has 1 rings (SSSR count). The van der Waals surface area contributed by atoms with Crippen LogP contribution < -0.4 is 0 Å². The van der Waals surface area contributed by atoms with E-state index in [0.29, 0.717) is 5.56 Å². The lowest BCUT2D eigenvalue weighted by Gasteiger charge is -2.30. The van der Waals surface area contributed by atoms with Crippen molar-refractivity contribution in [3.63, 3.8) is 0 Å². The largest absolute Gasteiger partial charge is 0.354 e. The summed E-state index contributed by atoms with van der Waals surface area (Å²) in [6, 6.07) is 11.0. The molecule has 0 aliphatic heterocycles. The first-order valence-electron chi connectivity index (χ1n) is 5.90. The third-order valence-corrected chi connectivity index (χ3v) is 5.35. The second-order valence-electron chi connectivity index (χ2n) is 3.88. The van der Waals surface area contributed by atoms with E-state index in [2.05, 4.69) is 6.07 Å². The van der Waals surface area contributed by atoms with Crippen molar-refractivity contribution < 1.29 is 13.6 Å². The fourth-order valence-electron chi connectivity index (χ4n) is 1.68. The molecule has 1 aromatic carbocycles. The summed E-state index contributed by atoms with van der Waals surface area (Å²) in [6.07, 6.45) is 0. The molecule has 0 spiro atoms. The molecule has 0 aromatic heterocycles. The fourth-order valence-corrected chi connectivity index (χ4v) is 3.54. The van der Waals surface area contributed by atoms with Crippen LogP contribution in [0.3, 0.4) is 0 Å². The van der Waals surface area contributed by atoms with Gasteiger partial charge in [-0.15, -0.1) is 0 Å². The summed E-state index contributed by atoms with van der Waals surface area (Å²) in [5, 5.41) is 8.15. The fraction of sp³-hybridized carbons (Fsp3) is 0.462. The van der Waals surface area contributed by atoms with Gasteiger partial charge in [0, 0.05) is 0 Å². The van der Waals surface area contributed by atoms with Gasteiger partial charge in [0.15, 0.2) is 5.16 Å². The first kappa shape index (κ1) is 14.9. The Labute approximate surface area is 108 Å². The average molecular weight is 267 g/mol. The van der Waals surface area contributed by atoms with E-state index in [-0.39, 0.29) is 13.2 Å². The molecule has 0 saturated carbocycles. The monoisotopic (exact) mass is 267 g/mol. The second kappa shape index (κ2) is 6.15. The molecule has 4 nitrogen and oxygen atoms in total. The van der Waals surface area contributed by atoms with Gasteiger partial charge in [-0.3, -0.25) is 4.57 Å². The normalized spacial score (nSPS) is 14.8. The molecule has 0 fully saturated rings. The first-order chi connectivity index (χ1) is 8.54. The number of rotatable bonds is 6. The number of nitriles is 1. The second-order valence-corrected chi connectivity index (χ2v) is 6.29. The molecular weight excluding hydrogens is 249 g/mol. The molecule has 0 N–H and O–H groups in total. The van der Waals surface area contributed by atoms with E-state index in [4.69, 9.17) is 9.05 Å². The number of hydrogen-bond acceptors (Lipinski definition) is 4. The van der Waals surface area contributed by atoms with E-state index >= 15 is 0 Å². The van der Waals surface area contributed by atoms with Gasteiger partial charge in [-0.05, 0) is 26.3 Å². The van der Waals surface area contributed by atoms with Gasteiger partial charge in [0.1, 0.15) is 0 Å². The predicted octanol–water partition coefficient (Wildman–Crippen LogP) is 3.69. The summed E-state index contributed by atoms with van der Waals surface area (Å²) in [5.41, 5.74) is 0.637. The van der Waals surface area contributed by atoms with E-state index in [1.165, 1.54) is 0 Å². The zero-order valence-corrected chi connectivity index (χ0v) is 11.8. The Kier molecular flexibility index (Phi) is 5.10. The topological polar surface area (TPSA) is 59.3 Å². The van der Waals surface area contributed by atoms with E-state index in [9.17, 15) is 9.83 Å². The van der Waals surface area contributed by atoms with E-state index in [0.717, 1.165) is 0 Å². The molecular formula is C13H18NO3P. The molecule has 0 saturated heterocycles. The minimum absolute atomic E-state index is 0.237. The molecule has 1 unspecified atom stereocenters. The highest BCUT2D eigenvalue weighted by Gasteiger charge is 2.49. The molecule has 98 valence electrons. The van der Waals surface area contributed by atoms with Crippen LogP contribution in [0, 0.1) is 11.3 Å². The number of hydrogen-bond donors (Lipinski definition) is 0. The van der Waals surface area contributed by atoms with Crippen LogP contribution in [0.1, 0.15) is 26.3 Å². The van der Waals surface area contributed by atoms with Crippen LogP contribution in [0.2, 0.25) is 0 Å². The Balaban J connectivity index is 3.29. The first-order valence-corrected chi connectivity index (χ1v) is 7.44. The highest BCUT2D eigenvalue weighted by molar-refractivity contribution is 7.55. The summed E-state index contributed by atoms with van der Waals surface area (Å²) < 4.78 is 23.4. The summed E-state index contributed by atoms with van der Waals surface area (Å²) in [4.78, 5) is 0. The molecule has 0 amide bonds. The number of benzene rings is 1. The molecule has 0 radical (unpaired) electrons. The maximum Gasteiger partial charge on any atom is 0.354 e. The van der Waals surface area contributed by atoms with Crippen molar-refractivity contribution >= 4 is 7.60 Å². The summed E-state index contributed by atoms with van der Waals surface area (Å²) >= 11 is 0. The van der Waals surface area contributed by atoms with Crippen molar-refractivity contribution in [2.24, 2.45) is 0 Å². The van der Waals surface area contributed by atoms with Crippen molar-refractivity contribution in [1.29, 1.82) is 5.26 Å². The van der Waals surface area contributed by atoms with Gasteiger partial charge in [-0.1, -0.05) is 30.3 Å². The van der Waals surface area contributed by atoms with Crippen molar-refractivity contribution in [2.45, 2.75) is 25.9 Å². The molecule has 0 aliphatic carbocycles. The van der Waals surface area contributed by atoms with Gasteiger partial charge in [0.05, 0.1) is 19.3 Å². The zero-order chi connectivity index (χ0) is 13.6. The summed E-state index contributed by atoms with van der Waals surface area (Å²) in [5.74, 6) is 0. The molecule has 1 atom stereocenters. The van der Waals surface area contributed by atoms with Gasteiger partial charge in [-0.25, -0.2) is 0 Å². The lowest BCUT2D eigenvalue weighted by molar-refractivity contribution is 0.206. The highest BCUT2D eigenvalue weighted by atomic mass is 31.2. The zero-order valence-electron chi connectivity index (χ0n) is 10.9. The van der Waals surface area contributed by atoms with E-state index in [1.807, 2.05) is 6.07 Å². The lowest BCUT2D eigenvalue weighted by atomic mass is 10.0. The van der Waals surface area contributed by atoms with Crippen molar-refractivity contribution in [3.05, 3.63) is 35.9 Å². The maximum absolute atomic E-state index is 12.8. The molecule has 0 bridgehead atoms. The summed E-state index contributed by atoms with van der Waals surface area (Å²) in [6.45, 7) is 5.53. The van der Waals surface area contributed by atoms with Crippen LogP contribution >= 0.6 is 7.60 Å². The van der Waals surface area contributed by atoms with Crippen molar-refractivity contribution in [3.8, 4) is 6.07 Å². The van der Waals surface area contributed by atoms with Gasteiger partial charge in [0.2, 0.25) is 0 Å². The van der Waals surface area contributed by atoms with Gasteiger partial charge < -0.3 is 9.05 Å². The van der Waals surface area contributed by atoms with Crippen molar-refractivity contribution in [1.82, 2.24) is 0 Å². The molecule has 5 heteroatoms. The van der Waals surface area contributed by atoms with Gasteiger partial charge >= 0.3 is 7.60 Å².